The molecule has 1 aliphatic rings. The molecule has 0 atom stereocenters. The van der Waals surface area contributed by atoms with Crippen LogP contribution in [0.1, 0.15) is 42.5 Å². The van der Waals surface area contributed by atoms with Crippen LogP contribution in [0.3, 0.4) is 0 Å². The van der Waals surface area contributed by atoms with Crippen molar-refractivity contribution in [2.24, 2.45) is 0 Å². The van der Waals surface area contributed by atoms with E-state index >= 15 is 0 Å². The Hall–Kier alpha value is -0.480. The van der Waals surface area contributed by atoms with E-state index in [4.69, 9.17) is 0 Å². The number of carbonyl (C=O) groups is 1. The maximum atomic E-state index is 12.3. The van der Waals surface area contributed by atoms with E-state index in [1.54, 1.807) is 11.8 Å². The monoisotopic (exact) mass is 341 g/mol. The summed E-state index contributed by atoms with van der Waals surface area (Å²) in [5.41, 5.74) is 0.705. The second-order valence-electron chi connectivity index (χ2n) is 5.16. The summed E-state index contributed by atoms with van der Waals surface area (Å²) in [6.45, 7) is 0. The molecule has 0 bridgehead atoms. The van der Waals surface area contributed by atoms with Gasteiger partial charge in [-0.15, -0.1) is 11.8 Å². The molecule has 1 amide bonds. The minimum Gasteiger partial charge on any atom is -0.346 e. The van der Waals surface area contributed by atoms with Gasteiger partial charge in [0.25, 0.3) is 5.91 Å². The number of rotatable bonds is 4. The summed E-state index contributed by atoms with van der Waals surface area (Å²) in [6, 6.07) is 7.82. The average molecular weight is 342 g/mol. The molecule has 0 unspecified atom stereocenters. The molecule has 4 heteroatoms. The first-order valence-electron chi connectivity index (χ1n) is 6.72. The molecule has 0 spiro atoms. The molecule has 19 heavy (non-hydrogen) atoms. The normalized spacial score (nSPS) is 18.0. The third-order valence-electron chi connectivity index (χ3n) is 3.80. The van der Waals surface area contributed by atoms with Crippen LogP contribution in [0, 0.1) is 0 Å². The van der Waals surface area contributed by atoms with Crippen LogP contribution in [-0.2, 0) is 0 Å². The van der Waals surface area contributed by atoms with Gasteiger partial charge >= 0.3 is 0 Å². The number of thioether (sulfide) groups is 1. The van der Waals surface area contributed by atoms with Gasteiger partial charge in [-0.2, -0.15) is 0 Å². The topological polar surface area (TPSA) is 29.1 Å². The van der Waals surface area contributed by atoms with Crippen LogP contribution < -0.4 is 5.32 Å². The highest BCUT2D eigenvalue weighted by Crippen LogP contribution is 2.30. The van der Waals surface area contributed by atoms with Gasteiger partial charge in [-0.25, -0.2) is 0 Å². The minimum absolute atomic E-state index is 0.0481. The zero-order valence-corrected chi connectivity index (χ0v) is 13.6. The van der Waals surface area contributed by atoms with Gasteiger partial charge in [0, 0.05) is 15.8 Å². The fourth-order valence-corrected chi connectivity index (χ4v) is 3.69. The highest BCUT2D eigenvalue weighted by Gasteiger charge is 2.32. The lowest BCUT2D eigenvalue weighted by molar-refractivity contribution is 0.0886. The molecule has 0 aromatic heterocycles. The number of benzene rings is 1. The summed E-state index contributed by atoms with van der Waals surface area (Å²) in [5, 5.41) is 4.09. The number of nitrogens with one attached hydrogen (secondary N) is 1. The summed E-state index contributed by atoms with van der Waals surface area (Å²) in [7, 11) is 0. The summed E-state index contributed by atoms with van der Waals surface area (Å²) in [6.07, 6.45) is 7.89. The Kier molecular flexibility index (Phi) is 5.34. The molecule has 104 valence electrons. The molecule has 2 nitrogen and oxygen atoms in total. The molecule has 1 aromatic carbocycles. The van der Waals surface area contributed by atoms with Crippen molar-refractivity contribution in [3.63, 3.8) is 0 Å². The van der Waals surface area contributed by atoms with E-state index in [2.05, 4.69) is 21.2 Å². The Morgan fingerprint density at radius 1 is 1.26 bits per heavy atom. The molecule has 1 fully saturated rings. The molecular weight excluding hydrogens is 322 g/mol. The number of carbonyl (C=O) groups excluding carboxylic acids is 1. The zero-order chi connectivity index (χ0) is 13.7. The van der Waals surface area contributed by atoms with Gasteiger partial charge in [-0.05, 0) is 43.4 Å². The molecule has 0 heterocycles. The molecule has 1 aliphatic carbocycles. The third kappa shape index (κ3) is 3.76. The van der Waals surface area contributed by atoms with Crippen LogP contribution >= 0.6 is 27.7 Å². The van der Waals surface area contributed by atoms with Crippen molar-refractivity contribution in [1.82, 2.24) is 5.32 Å². The Balaban J connectivity index is 2.06. The van der Waals surface area contributed by atoms with E-state index in [9.17, 15) is 4.79 Å². The highest BCUT2D eigenvalue weighted by molar-refractivity contribution is 9.09. The van der Waals surface area contributed by atoms with Gasteiger partial charge in [0.1, 0.15) is 0 Å². The first kappa shape index (κ1) is 14.9. The zero-order valence-electron chi connectivity index (χ0n) is 11.2. The molecular formula is C15H20BrNOS. The average Bonchev–Trinajstić information content (AvgIpc) is 2.48. The van der Waals surface area contributed by atoms with Gasteiger partial charge in [-0.1, -0.05) is 35.2 Å². The number of hydrogen-bond acceptors (Lipinski definition) is 2. The molecule has 2 rings (SSSR count). The van der Waals surface area contributed by atoms with Gasteiger partial charge in [-0.3, -0.25) is 4.79 Å². The second kappa shape index (κ2) is 6.80. The first-order chi connectivity index (χ1) is 9.19. The van der Waals surface area contributed by atoms with Crippen molar-refractivity contribution < 1.29 is 4.79 Å². The molecule has 0 aliphatic heterocycles. The Morgan fingerprint density at radius 3 is 2.42 bits per heavy atom. The van der Waals surface area contributed by atoms with Crippen LogP contribution in [-0.4, -0.2) is 23.0 Å². The standard InChI is InChI=1S/C15H20BrNOS/c1-19-13-7-5-12(6-8-13)14(18)17-15(11-16)9-3-2-4-10-15/h5-8H,2-4,9-11H2,1H3,(H,17,18). The minimum atomic E-state index is -0.0481. The van der Waals surface area contributed by atoms with E-state index in [1.165, 1.54) is 24.2 Å². The third-order valence-corrected chi connectivity index (χ3v) is 5.61. The van der Waals surface area contributed by atoms with Gasteiger partial charge in [0.15, 0.2) is 0 Å². The van der Waals surface area contributed by atoms with Crippen molar-refractivity contribution in [1.29, 1.82) is 0 Å². The van der Waals surface area contributed by atoms with Gasteiger partial charge < -0.3 is 5.32 Å². The molecule has 0 saturated heterocycles. The van der Waals surface area contributed by atoms with Gasteiger partial charge in [0.2, 0.25) is 0 Å². The maximum absolute atomic E-state index is 12.3. The van der Waals surface area contributed by atoms with Crippen molar-refractivity contribution in [2.75, 3.05) is 11.6 Å². The van der Waals surface area contributed by atoms with Crippen LogP contribution in [0.5, 0.6) is 0 Å². The lowest BCUT2D eigenvalue weighted by atomic mass is 9.83. The van der Waals surface area contributed by atoms with Gasteiger partial charge in [0.05, 0.1) is 5.54 Å². The van der Waals surface area contributed by atoms with E-state index in [0.717, 1.165) is 23.7 Å². The van der Waals surface area contributed by atoms with Crippen LogP contribution in [0.25, 0.3) is 0 Å². The number of amides is 1. The highest BCUT2D eigenvalue weighted by atomic mass is 79.9. The largest absolute Gasteiger partial charge is 0.346 e. The predicted molar refractivity (Wildman–Crippen MR) is 85.3 cm³/mol. The summed E-state index contributed by atoms with van der Waals surface area (Å²) < 4.78 is 0. The van der Waals surface area contributed by atoms with Crippen molar-refractivity contribution in [2.45, 2.75) is 42.5 Å². The quantitative estimate of drug-likeness (QED) is 0.655. The van der Waals surface area contributed by atoms with E-state index in [-0.39, 0.29) is 11.4 Å². The predicted octanol–water partition coefficient (Wildman–Crippen LogP) is 4.24. The van der Waals surface area contributed by atoms with Crippen molar-refractivity contribution in [3.8, 4) is 0 Å². The van der Waals surface area contributed by atoms with Crippen molar-refractivity contribution in [3.05, 3.63) is 29.8 Å². The summed E-state index contributed by atoms with van der Waals surface area (Å²) in [4.78, 5) is 13.5. The molecule has 1 aromatic rings. The van der Waals surface area contributed by atoms with E-state index < -0.39 is 0 Å². The molecule has 1 N–H and O–H groups in total. The van der Waals surface area contributed by atoms with Crippen molar-refractivity contribution >= 4 is 33.6 Å². The molecule has 0 radical (unpaired) electrons. The number of halogens is 1. The summed E-state index contributed by atoms with van der Waals surface area (Å²) in [5.74, 6) is 0.0500. The Morgan fingerprint density at radius 2 is 1.89 bits per heavy atom. The van der Waals surface area contributed by atoms with E-state index in [1.807, 2.05) is 30.5 Å². The first-order valence-corrected chi connectivity index (χ1v) is 9.06. The lowest BCUT2D eigenvalue weighted by Crippen LogP contribution is -2.51. The maximum Gasteiger partial charge on any atom is 0.251 e. The number of alkyl halides is 1. The molecule has 1 saturated carbocycles. The van der Waals surface area contributed by atoms with Crippen LogP contribution in [0.2, 0.25) is 0 Å². The SMILES string of the molecule is CSc1ccc(C(=O)NC2(CBr)CCCCC2)cc1. The van der Waals surface area contributed by atoms with E-state index in [0.29, 0.717) is 0 Å². The smallest absolute Gasteiger partial charge is 0.251 e. The lowest BCUT2D eigenvalue weighted by Gasteiger charge is -2.36. The fourth-order valence-electron chi connectivity index (χ4n) is 2.58. The number of hydrogen-bond donors (Lipinski definition) is 1. The Bertz CT molecular complexity index is 426. The summed E-state index contributed by atoms with van der Waals surface area (Å²) >= 11 is 5.26. The Labute approximate surface area is 127 Å². The fraction of sp³-hybridized carbons (Fsp3) is 0.533. The van der Waals surface area contributed by atoms with Crippen LogP contribution in [0.4, 0.5) is 0 Å². The second-order valence-corrected chi connectivity index (χ2v) is 6.60. The van der Waals surface area contributed by atoms with Crippen LogP contribution in [0.15, 0.2) is 29.2 Å².